The molecule has 2 aromatic rings. The SMILES string of the molecule is C#CN(C(=O)C(Cc1ccc(O)cc1)NC(=O)OC(C)(C)C)C(C(=O)NCC(=O)OC)c1cc(C)ccc1C. The molecular weight excluding hydrogens is 502 g/mol. The lowest BCUT2D eigenvalue weighted by molar-refractivity contribution is -0.142. The number of esters is 1. The zero-order valence-corrected chi connectivity index (χ0v) is 23.0. The highest BCUT2D eigenvalue weighted by atomic mass is 16.6. The predicted octanol–water partition coefficient (Wildman–Crippen LogP) is 2.89. The molecule has 0 aliphatic rings. The number of carbonyl (C=O) groups is 4. The highest BCUT2D eigenvalue weighted by Crippen LogP contribution is 2.27. The van der Waals surface area contributed by atoms with E-state index in [-0.39, 0.29) is 12.2 Å². The predicted molar refractivity (Wildman–Crippen MR) is 144 cm³/mol. The van der Waals surface area contributed by atoms with Crippen LogP contribution in [-0.2, 0) is 30.3 Å². The number of terminal acetylenes is 1. The molecule has 10 heteroatoms. The second-order valence-electron chi connectivity index (χ2n) is 9.96. The lowest BCUT2D eigenvalue weighted by Gasteiger charge is -2.31. The fourth-order valence-electron chi connectivity index (χ4n) is 3.73. The van der Waals surface area contributed by atoms with Gasteiger partial charge in [0.25, 0.3) is 5.91 Å². The Balaban J connectivity index is 2.53. The first kappa shape index (κ1) is 30.7. The average molecular weight is 538 g/mol. The molecule has 2 aromatic carbocycles. The molecule has 0 aromatic heterocycles. The molecule has 0 saturated carbocycles. The molecule has 208 valence electrons. The minimum atomic E-state index is -1.32. The van der Waals surface area contributed by atoms with Crippen LogP contribution in [0.25, 0.3) is 0 Å². The molecule has 2 rings (SSSR count). The maximum atomic E-state index is 13.9. The third-order valence-electron chi connectivity index (χ3n) is 5.61. The van der Waals surface area contributed by atoms with Gasteiger partial charge in [0.2, 0.25) is 5.91 Å². The standard InChI is InChI=1S/C29H35N3O7/c1-8-32(25(26(35)30-17-24(34)38-7)22-15-18(2)9-10-19(22)3)27(36)23(31-28(37)39-29(4,5)6)16-20-11-13-21(33)14-12-20/h1,9-15,23,25,33H,16-17H2,2-7H3,(H,30,35)(H,31,37). The number of methoxy groups -OCH3 is 1. The van der Waals surface area contributed by atoms with E-state index in [1.165, 1.54) is 19.2 Å². The van der Waals surface area contributed by atoms with E-state index in [0.717, 1.165) is 10.5 Å². The molecule has 0 aliphatic carbocycles. The van der Waals surface area contributed by atoms with Gasteiger partial charge < -0.3 is 25.2 Å². The van der Waals surface area contributed by atoms with E-state index in [1.807, 2.05) is 13.0 Å². The first-order chi connectivity index (χ1) is 18.2. The number of aromatic hydroxyl groups is 1. The van der Waals surface area contributed by atoms with Gasteiger partial charge in [-0.15, -0.1) is 0 Å². The van der Waals surface area contributed by atoms with Crippen LogP contribution in [0, 0.1) is 26.3 Å². The van der Waals surface area contributed by atoms with Crippen molar-refractivity contribution in [2.24, 2.45) is 0 Å². The second-order valence-corrected chi connectivity index (χ2v) is 9.96. The van der Waals surface area contributed by atoms with Gasteiger partial charge in [0.15, 0.2) is 0 Å². The van der Waals surface area contributed by atoms with E-state index in [2.05, 4.69) is 21.4 Å². The molecule has 0 fully saturated rings. The Morgan fingerprint density at radius 2 is 1.72 bits per heavy atom. The summed E-state index contributed by atoms with van der Waals surface area (Å²) in [6.45, 7) is 8.20. The number of hydrogen-bond donors (Lipinski definition) is 3. The Bertz CT molecular complexity index is 1240. The van der Waals surface area contributed by atoms with E-state index >= 15 is 0 Å². The number of phenols is 1. The molecule has 2 atom stereocenters. The van der Waals surface area contributed by atoms with Crippen LogP contribution in [-0.4, -0.2) is 59.2 Å². The number of phenolic OH excluding ortho intramolecular Hbond substituents is 1. The normalized spacial score (nSPS) is 12.3. The summed E-state index contributed by atoms with van der Waals surface area (Å²) in [6.07, 6.45) is 4.94. The summed E-state index contributed by atoms with van der Waals surface area (Å²) < 4.78 is 9.96. The van der Waals surface area contributed by atoms with Crippen molar-refractivity contribution in [1.82, 2.24) is 15.5 Å². The Labute approximate surface area is 228 Å². The number of nitrogens with one attached hydrogen (secondary N) is 2. The smallest absolute Gasteiger partial charge is 0.408 e. The quantitative estimate of drug-likeness (QED) is 0.254. The largest absolute Gasteiger partial charge is 0.508 e. The fraction of sp³-hybridized carbons (Fsp3) is 0.379. The number of rotatable bonds is 9. The molecule has 0 spiro atoms. The van der Waals surface area contributed by atoms with Crippen LogP contribution in [0.5, 0.6) is 5.75 Å². The zero-order chi connectivity index (χ0) is 29.3. The Kier molecular flexibility index (Phi) is 10.5. The average Bonchev–Trinajstić information content (AvgIpc) is 2.86. The molecule has 39 heavy (non-hydrogen) atoms. The maximum absolute atomic E-state index is 13.9. The topological polar surface area (TPSA) is 134 Å². The van der Waals surface area contributed by atoms with E-state index in [0.29, 0.717) is 16.7 Å². The molecule has 2 unspecified atom stereocenters. The molecule has 10 nitrogen and oxygen atoms in total. The van der Waals surface area contributed by atoms with Gasteiger partial charge in [-0.05, 0) is 63.4 Å². The van der Waals surface area contributed by atoms with Gasteiger partial charge in [-0.2, -0.15) is 0 Å². The van der Waals surface area contributed by atoms with E-state index in [1.54, 1.807) is 52.0 Å². The molecule has 0 radical (unpaired) electrons. The number of ether oxygens (including phenoxy) is 2. The third kappa shape index (κ3) is 9.07. The zero-order valence-electron chi connectivity index (χ0n) is 23.0. The third-order valence-corrected chi connectivity index (χ3v) is 5.61. The van der Waals surface area contributed by atoms with E-state index in [4.69, 9.17) is 11.2 Å². The summed E-state index contributed by atoms with van der Waals surface area (Å²) in [5, 5.41) is 14.7. The van der Waals surface area contributed by atoms with Crippen LogP contribution in [0.3, 0.4) is 0 Å². The van der Waals surface area contributed by atoms with Gasteiger partial charge in [0, 0.05) is 12.5 Å². The Morgan fingerprint density at radius 1 is 1.08 bits per heavy atom. The van der Waals surface area contributed by atoms with E-state index < -0.39 is 48.1 Å². The van der Waals surface area contributed by atoms with Crippen molar-refractivity contribution in [3.8, 4) is 18.2 Å². The summed E-state index contributed by atoms with van der Waals surface area (Å²) in [5.74, 6) is -2.11. The van der Waals surface area contributed by atoms with Gasteiger partial charge >= 0.3 is 12.1 Å². The lowest BCUT2D eigenvalue weighted by atomic mass is 9.96. The van der Waals surface area contributed by atoms with Crippen molar-refractivity contribution < 1.29 is 33.8 Å². The summed E-state index contributed by atoms with van der Waals surface area (Å²) in [6, 6.07) is 11.2. The summed E-state index contributed by atoms with van der Waals surface area (Å²) >= 11 is 0. The highest BCUT2D eigenvalue weighted by molar-refractivity contribution is 5.94. The number of carbonyl (C=O) groups excluding carboxylic acids is 4. The fourth-order valence-corrected chi connectivity index (χ4v) is 3.73. The van der Waals surface area contributed by atoms with Crippen LogP contribution >= 0.6 is 0 Å². The van der Waals surface area contributed by atoms with Crippen LogP contribution in [0.1, 0.15) is 49.1 Å². The minimum absolute atomic E-state index is 0.0141. The van der Waals surface area contributed by atoms with Gasteiger partial charge in [0.1, 0.15) is 30.0 Å². The summed E-state index contributed by atoms with van der Waals surface area (Å²) in [7, 11) is 1.18. The molecule has 0 bridgehead atoms. The molecule has 0 saturated heterocycles. The molecule has 3 N–H and O–H groups in total. The number of amides is 3. The van der Waals surface area contributed by atoms with Crippen molar-refractivity contribution >= 4 is 23.9 Å². The van der Waals surface area contributed by atoms with Crippen LogP contribution < -0.4 is 10.6 Å². The molecule has 0 heterocycles. The summed E-state index contributed by atoms with van der Waals surface area (Å²) in [5.41, 5.74) is 1.72. The van der Waals surface area contributed by atoms with Gasteiger partial charge in [-0.3, -0.25) is 19.3 Å². The van der Waals surface area contributed by atoms with Gasteiger partial charge in [-0.1, -0.05) is 42.3 Å². The van der Waals surface area contributed by atoms with Crippen molar-refractivity contribution in [3.05, 3.63) is 64.7 Å². The van der Waals surface area contributed by atoms with Crippen molar-refractivity contribution in [2.45, 2.75) is 58.7 Å². The Hall–Kier alpha value is -4.52. The van der Waals surface area contributed by atoms with Gasteiger partial charge in [-0.25, -0.2) is 4.79 Å². The Morgan fingerprint density at radius 3 is 2.28 bits per heavy atom. The van der Waals surface area contributed by atoms with Crippen LogP contribution in [0.4, 0.5) is 4.79 Å². The van der Waals surface area contributed by atoms with E-state index in [9.17, 15) is 24.3 Å². The number of nitrogens with zero attached hydrogens (tertiary/aromatic N) is 1. The summed E-state index contributed by atoms with van der Waals surface area (Å²) in [4.78, 5) is 52.6. The van der Waals surface area contributed by atoms with Crippen LogP contribution in [0.2, 0.25) is 0 Å². The number of benzene rings is 2. The van der Waals surface area contributed by atoms with Crippen molar-refractivity contribution in [2.75, 3.05) is 13.7 Å². The monoisotopic (exact) mass is 537 g/mol. The number of alkyl carbamates (subject to hydrolysis) is 1. The van der Waals surface area contributed by atoms with Crippen LogP contribution in [0.15, 0.2) is 42.5 Å². The number of hydrogen-bond acceptors (Lipinski definition) is 7. The maximum Gasteiger partial charge on any atom is 0.408 e. The van der Waals surface area contributed by atoms with Crippen molar-refractivity contribution in [3.63, 3.8) is 0 Å². The molecule has 3 amide bonds. The molecule has 0 aliphatic heterocycles. The van der Waals surface area contributed by atoms with Gasteiger partial charge in [0.05, 0.1) is 7.11 Å². The lowest BCUT2D eigenvalue weighted by Crippen LogP contribution is -2.52. The molecular formula is C29H35N3O7. The first-order valence-electron chi connectivity index (χ1n) is 12.2. The van der Waals surface area contributed by atoms with Crippen molar-refractivity contribution in [1.29, 1.82) is 0 Å². The minimum Gasteiger partial charge on any atom is -0.508 e. The second kappa shape index (κ2) is 13.3. The highest BCUT2D eigenvalue weighted by Gasteiger charge is 2.37. The first-order valence-corrected chi connectivity index (χ1v) is 12.2. The number of aryl methyl sites for hydroxylation is 2.